The number of hydrogen-bond donors (Lipinski definition) is 2. The number of nitrogens with one attached hydrogen (secondary N) is 2. The van der Waals surface area contributed by atoms with Gasteiger partial charge in [0.2, 0.25) is 0 Å². The molecule has 0 amide bonds. The first-order valence-corrected chi connectivity index (χ1v) is 10.2. The predicted molar refractivity (Wildman–Crippen MR) is 115 cm³/mol. The highest BCUT2D eigenvalue weighted by atomic mass is 16.5. The van der Waals surface area contributed by atoms with Crippen molar-refractivity contribution in [2.24, 2.45) is 4.99 Å². The van der Waals surface area contributed by atoms with Gasteiger partial charge >= 0.3 is 0 Å². The minimum atomic E-state index is 0.501. The third kappa shape index (κ3) is 8.48. The number of furan rings is 1. The monoisotopic (exact) mass is 403 g/mol. The van der Waals surface area contributed by atoms with Crippen molar-refractivity contribution in [1.82, 2.24) is 10.6 Å². The van der Waals surface area contributed by atoms with Crippen LogP contribution in [0, 0.1) is 0 Å². The molecule has 0 unspecified atom stereocenters. The first-order chi connectivity index (χ1) is 14.3. The highest BCUT2D eigenvalue weighted by Crippen LogP contribution is 2.28. The fourth-order valence-electron chi connectivity index (χ4n) is 2.60. The minimum Gasteiger partial charge on any atom is -0.493 e. The molecule has 0 fully saturated rings. The molecular weight excluding hydrogens is 370 g/mol. The highest BCUT2D eigenvalue weighted by Gasteiger charge is 2.06. The van der Waals surface area contributed by atoms with Crippen LogP contribution in [0.2, 0.25) is 0 Å². The van der Waals surface area contributed by atoms with Gasteiger partial charge < -0.3 is 29.3 Å². The molecule has 0 saturated carbocycles. The summed E-state index contributed by atoms with van der Waals surface area (Å²) in [7, 11) is 1.65. The third-order valence-corrected chi connectivity index (χ3v) is 4.04. The lowest BCUT2D eigenvalue weighted by Gasteiger charge is -2.13. The third-order valence-electron chi connectivity index (χ3n) is 4.04. The Kier molecular flexibility index (Phi) is 10.5. The summed E-state index contributed by atoms with van der Waals surface area (Å²) in [6.07, 6.45) is 3.49. The maximum atomic E-state index is 5.70. The lowest BCUT2D eigenvalue weighted by Crippen LogP contribution is -2.38. The molecule has 29 heavy (non-hydrogen) atoms. The molecule has 0 aliphatic heterocycles. The molecule has 0 aliphatic rings. The van der Waals surface area contributed by atoms with E-state index in [0.29, 0.717) is 26.4 Å². The Balaban J connectivity index is 1.78. The van der Waals surface area contributed by atoms with E-state index in [0.717, 1.165) is 54.7 Å². The summed E-state index contributed by atoms with van der Waals surface area (Å²) in [4.78, 5) is 4.65. The van der Waals surface area contributed by atoms with Crippen LogP contribution >= 0.6 is 0 Å². The largest absolute Gasteiger partial charge is 0.493 e. The normalized spacial score (nSPS) is 11.3. The highest BCUT2D eigenvalue weighted by molar-refractivity contribution is 5.79. The standard InChI is InChI=1S/C22H33N3O4/c1-4-12-29-20-10-9-18(15-21(20)26-3)16-25-22(23-5-2)24-11-7-13-27-17-19-8-6-14-28-19/h6,8-10,14-15H,4-5,7,11-13,16-17H2,1-3H3,(H2,23,24,25). The molecule has 7 nitrogen and oxygen atoms in total. The molecule has 0 aliphatic carbocycles. The van der Waals surface area contributed by atoms with Gasteiger partial charge in [0.1, 0.15) is 12.4 Å². The van der Waals surface area contributed by atoms with E-state index in [4.69, 9.17) is 18.6 Å². The fourth-order valence-corrected chi connectivity index (χ4v) is 2.60. The molecule has 2 aromatic rings. The Morgan fingerprint density at radius 3 is 2.72 bits per heavy atom. The molecule has 0 radical (unpaired) electrons. The van der Waals surface area contributed by atoms with E-state index in [1.165, 1.54) is 0 Å². The number of ether oxygens (including phenoxy) is 3. The molecule has 0 bridgehead atoms. The van der Waals surface area contributed by atoms with E-state index in [1.807, 2.05) is 37.3 Å². The first-order valence-electron chi connectivity index (χ1n) is 10.2. The summed E-state index contributed by atoms with van der Waals surface area (Å²) in [5, 5.41) is 6.59. The van der Waals surface area contributed by atoms with Gasteiger partial charge in [-0.1, -0.05) is 13.0 Å². The zero-order valence-electron chi connectivity index (χ0n) is 17.7. The van der Waals surface area contributed by atoms with E-state index >= 15 is 0 Å². The summed E-state index contributed by atoms with van der Waals surface area (Å²) in [6.45, 7) is 8.08. The Hall–Kier alpha value is -2.67. The number of methoxy groups -OCH3 is 1. The predicted octanol–water partition coefficient (Wildman–Crippen LogP) is 3.74. The average molecular weight is 404 g/mol. The molecule has 0 spiro atoms. The quantitative estimate of drug-likeness (QED) is 0.301. The van der Waals surface area contributed by atoms with Crippen LogP contribution in [0.25, 0.3) is 0 Å². The zero-order chi connectivity index (χ0) is 20.7. The second kappa shape index (κ2) is 13.5. The summed E-state index contributed by atoms with van der Waals surface area (Å²) >= 11 is 0. The van der Waals surface area contributed by atoms with Crippen LogP contribution in [0.4, 0.5) is 0 Å². The molecule has 160 valence electrons. The van der Waals surface area contributed by atoms with Crippen LogP contribution in [0.3, 0.4) is 0 Å². The van der Waals surface area contributed by atoms with E-state index in [9.17, 15) is 0 Å². The van der Waals surface area contributed by atoms with Crippen molar-refractivity contribution < 1.29 is 18.6 Å². The Morgan fingerprint density at radius 2 is 2.00 bits per heavy atom. The van der Waals surface area contributed by atoms with Gasteiger partial charge in [0.25, 0.3) is 0 Å². The molecule has 1 heterocycles. The van der Waals surface area contributed by atoms with Crippen molar-refractivity contribution in [3.63, 3.8) is 0 Å². The van der Waals surface area contributed by atoms with Gasteiger partial charge in [-0.2, -0.15) is 0 Å². The van der Waals surface area contributed by atoms with Crippen LogP contribution in [-0.2, 0) is 17.9 Å². The molecule has 1 aromatic heterocycles. The van der Waals surface area contributed by atoms with Gasteiger partial charge in [0.05, 0.1) is 26.5 Å². The summed E-state index contributed by atoms with van der Waals surface area (Å²) in [5.41, 5.74) is 1.06. The van der Waals surface area contributed by atoms with Crippen molar-refractivity contribution in [3.8, 4) is 11.5 Å². The molecule has 0 atom stereocenters. The maximum absolute atomic E-state index is 5.70. The van der Waals surface area contributed by atoms with Gasteiger partial charge in [0, 0.05) is 19.7 Å². The van der Waals surface area contributed by atoms with Gasteiger partial charge in [-0.05, 0) is 49.6 Å². The van der Waals surface area contributed by atoms with Crippen LogP contribution in [-0.4, -0.2) is 39.4 Å². The van der Waals surface area contributed by atoms with Crippen molar-refractivity contribution in [1.29, 1.82) is 0 Å². The minimum absolute atomic E-state index is 0.501. The van der Waals surface area contributed by atoms with Crippen LogP contribution in [0.5, 0.6) is 11.5 Å². The molecule has 0 saturated heterocycles. The SMILES string of the molecule is CCCOc1ccc(CN=C(NCC)NCCCOCc2ccco2)cc1OC. The Morgan fingerprint density at radius 1 is 1.10 bits per heavy atom. The fraction of sp³-hybridized carbons (Fsp3) is 0.500. The number of rotatable bonds is 13. The summed E-state index contributed by atoms with van der Waals surface area (Å²) < 4.78 is 22.0. The lowest BCUT2D eigenvalue weighted by atomic mass is 10.2. The summed E-state index contributed by atoms with van der Waals surface area (Å²) in [6, 6.07) is 9.70. The van der Waals surface area contributed by atoms with E-state index < -0.39 is 0 Å². The van der Waals surface area contributed by atoms with Crippen molar-refractivity contribution in [2.45, 2.75) is 39.8 Å². The van der Waals surface area contributed by atoms with E-state index in [2.05, 4.69) is 22.5 Å². The van der Waals surface area contributed by atoms with Gasteiger partial charge in [-0.3, -0.25) is 0 Å². The Labute approximate surface area is 173 Å². The van der Waals surface area contributed by atoms with Crippen LogP contribution in [0.15, 0.2) is 46.0 Å². The van der Waals surface area contributed by atoms with Gasteiger partial charge in [-0.25, -0.2) is 4.99 Å². The maximum Gasteiger partial charge on any atom is 0.191 e. The first kappa shape index (κ1) is 22.6. The number of nitrogens with zero attached hydrogens (tertiary/aromatic N) is 1. The average Bonchev–Trinajstić information content (AvgIpc) is 3.26. The molecule has 1 aromatic carbocycles. The smallest absolute Gasteiger partial charge is 0.191 e. The Bertz CT molecular complexity index is 717. The molecular formula is C22H33N3O4. The van der Waals surface area contributed by atoms with Crippen molar-refractivity contribution >= 4 is 5.96 Å². The number of guanidine groups is 1. The number of benzene rings is 1. The summed E-state index contributed by atoms with van der Waals surface area (Å²) in [5.74, 6) is 3.12. The van der Waals surface area contributed by atoms with Crippen LogP contribution in [0.1, 0.15) is 38.0 Å². The van der Waals surface area contributed by atoms with Gasteiger partial charge in [0.15, 0.2) is 17.5 Å². The van der Waals surface area contributed by atoms with Crippen LogP contribution < -0.4 is 20.1 Å². The van der Waals surface area contributed by atoms with Gasteiger partial charge in [-0.15, -0.1) is 0 Å². The number of aliphatic imine (C=N–C) groups is 1. The topological polar surface area (TPSA) is 77.2 Å². The van der Waals surface area contributed by atoms with E-state index in [-0.39, 0.29) is 0 Å². The van der Waals surface area contributed by atoms with Crippen molar-refractivity contribution in [3.05, 3.63) is 47.9 Å². The second-order valence-corrected chi connectivity index (χ2v) is 6.44. The molecule has 7 heteroatoms. The van der Waals surface area contributed by atoms with E-state index in [1.54, 1.807) is 13.4 Å². The number of hydrogen-bond acceptors (Lipinski definition) is 5. The second-order valence-electron chi connectivity index (χ2n) is 6.44. The van der Waals surface area contributed by atoms with Crippen molar-refractivity contribution in [2.75, 3.05) is 33.4 Å². The molecule has 2 rings (SSSR count). The zero-order valence-corrected chi connectivity index (χ0v) is 17.7. The lowest BCUT2D eigenvalue weighted by molar-refractivity contribution is 0.105. The molecule has 2 N–H and O–H groups in total.